The minimum Gasteiger partial charge on any atom is -0.393 e. The summed E-state index contributed by atoms with van der Waals surface area (Å²) >= 11 is 0. The second-order valence-electron chi connectivity index (χ2n) is 10.5. The maximum absolute atomic E-state index is 13.5. The van der Waals surface area contributed by atoms with Crippen LogP contribution in [0, 0.1) is 5.41 Å². The molecule has 0 radical (unpaired) electrons. The normalized spacial score (nSPS) is 32.0. The molecule has 3 heterocycles. The fourth-order valence-corrected chi connectivity index (χ4v) is 6.57. The molecule has 1 N–H and O–H groups in total. The number of likely N-dealkylation sites (tertiary alicyclic amines) is 3. The van der Waals surface area contributed by atoms with Gasteiger partial charge in [0.05, 0.1) is 11.5 Å². The van der Waals surface area contributed by atoms with E-state index in [2.05, 4.69) is 35.2 Å². The minimum absolute atomic E-state index is 0.127. The number of aliphatic hydroxyl groups is 1. The summed E-state index contributed by atoms with van der Waals surface area (Å²) in [5.41, 5.74) is 0.996. The fourth-order valence-electron chi connectivity index (χ4n) is 6.57. The van der Waals surface area contributed by atoms with E-state index >= 15 is 0 Å². The van der Waals surface area contributed by atoms with E-state index in [1.165, 1.54) is 5.56 Å². The first-order chi connectivity index (χ1) is 15.6. The smallest absolute Gasteiger partial charge is 0.320 e. The third-order valence-electron chi connectivity index (χ3n) is 8.54. The Morgan fingerprint density at radius 3 is 2.31 bits per heavy atom. The van der Waals surface area contributed by atoms with Crippen molar-refractivity contribution in [2.45, 2.75) is 75.9 Å². The van der Waals surface area contributed by atoms with Crippen LogP contribution in [0.4, 0.5) is 4.79 Å². The van der Waals surface area contributed by atoms with Crippen LogP contribution in [0.25, 0.3) is 0 Å². The Balaban J connectivity index is 1.19. The molecule has 6 nitrogen and oxygen atoms in total. The highest BCUT2D eigenvalue weighted by Crippen LogP contribution is 2.43. The molecule has 3 aliphatic heterocycles. The van der Waals surface area contributed by atoms with E-state index in [4.69, 9.17) is 0 Å². The van der Waals surface area contributed by atoms with Gasteiger partial charge in [-0.3, -0.25) is 4.79 Å². The number of rotatable bonds is 2. The van der Waals surface area contributed by atoms with Crippen LogP contribution in [0.3, 0.4) is 0 Å². The zero-order valence-electron chi connectivity index (χ0n) is 19.1. The molecule has 0 bridgehead atoms. The lowest BCUT2D eigenvalue weighted by molar-refractivity contribution is -0.141. The van der Waals surface area contributed by atoms with E-state index in [-0.39, 0.29) is 29.5 Å². The standard InChI is InChI=1S/C26H37N3O3/c30-23-9-7-22(8-10-23)29-18-14-26(24(29)31)13-4-15-28(19-26)25(32)27-16-11-21(12-17-27)20-5-2-1-3-6-20/h1-3,5-6,21-23,30H,4,7-19H2. The fraction of sp³-hybridized carbons (Fsp3) is 0.692. The van der Waals surface area contributed by atoms with Gasteiger partial charge in [-0.05, 0) is 69.3 Å². The molecule has 1 aromatic carbocycles. The van der Waals surface area contributed by atoms with Gasteiger partial charge in [0, 0.05) is 38.8 Å². The summed E-state index contributed by atoms with van der Waals surface area (Å²) in [6, 6.07) is 11.0. The molecule has 6 heteroatoms. The van der Waals surface area contributed by atoms with Gasteiger partial charge in [0.1, 0.15) is 0 Å². The van der Waals surface area contributed by atoms with Gasteiger partial charge >= 0.3 is 6.03 Å². The molecule has 174 valence electrons. The molecule has 1 atom stereocenters. The Morgan fingerprint density at radius 2 is 1.59 bits per heavy atom. The lowest BCUT2D eigenvalue weighted by Crippen LogP contribution is -2.55. The first-order valence-corrected chi connectivity index (χ1v) is 12.6. The number of carbonyl (C=O) groups is 2. The molecule has 1 aromatic rings. The lowest BCUT2D eigenvalue weighted by atomic mass is 9.78. The van der Waals surface area contributed by atoms with Gasteiger partial charge < -0.3 is 19.8 Å². The zero-order valence-corrected chi connectivity index (χ0v) is 19.1. The highest BCUT2D eigenvalue weighted by atomic mass is 16.3. The van der Waals surface area contributed by atoms with Crippen molar-refractivity contribution in [3.63, 3.8) is 0 Å². The van der Waals surface area contributed by atoms with Crippen molar-refractivity contribution in [2.24, 2.45) is 5.41 Å². The Morgan fingerprint density at radius 1 is 0.875 bits per heavy atom. The molecule has 4 fully saturated rings. The number of aliphatic hydroxyl groups excluding tert-OH is 1. The molecule has 1 aliphatic carbocycles. The number of carbonyl (C=O) groups excluding carboxylic acids is 2. The van der Waals surface area contributed by atoms with Crippen LogP contribution >= 0.6 is 0 Å². The third kappa shape index (κ3) is 4.14. The van der Waals surface area contributed by atoms with E-state index in [1.807, 2.05) is 9.80 Å². The van der Waals surface area contributed by atoms with Crippen molar-refractivity contribution in [1.82, 2.24) is 14.7 Å². The molecule has 32 heavy (non-hydrogen) atoms. The summed E-state index contributed by atoms with van der Waals surface area (Å²) < 4.78 is 0. The van der Waals surface area contributed by atoms with Gasteiger partial charge in [0.25, 0.3) is 0 Å². The van der Waals surface area contributed by atoms with Crippen LogP contribution in [0.1, 0.15) is 69.3 Å². The zero-order chi connectivity index (χ0) is 22.1. The first-order valence-electron chi connectivity index (χ1n) is 12.6. The molecule has 4 aliphatic rings. The highest BCUT2D eigenvalue weighted by molar-refractivity contribution is 5.86. The number of piperidine rings is 2. The maximum Gasteiger partial charge on any atom is 0.320 e. The molecule has 1 unspecified atom stereocenters. The van der Waals surface area contributed by atoms with Gasteiger partial charge in [-0.25, -0.2) is 4.79 Å². The molecule has 3 saturated heterocycles. The van der Waals surface area contributed by atoms with Crippen LogP contribution in [-0.4, -0.2) is 76.6 Å². The van der Waals surface area contributed by atoms with Crippen LogP contribution < -0.4 is 0 Å². The number of urea groups is 1. The minimum atomic E-state index is -0.383. The van der Waals surface area contributed by atoms with Crippen LogP contribution in [0.15, 0.2) is 30.3 Å². The summed E-state index contributed by atoms with van der Waals surface area (Å²) in [6.07, 6.45) is 7.90. The van der Waals surface area contributed by atoms with E-state index in [9.17, 15) is 14.7 Å². The summed E-state index contributed by atoms with van der Waals surface area (Å²) in [6.45, 7) is 3.75. The monoisotopic (exact) mass is 439 g/mol. The average Bonchev–Trinajstić information content (AvgIpc) is 3.15. The van der Waals surface area contributed by atoms with Gasteiger partial charge in [-0.2, -0.15) is 0 Å². The Labute approximate surface area is 191 Å². The second kappa shape index (κ2) is 9.05. The number of hydrogen-bond acceptors (Lipinski definition) is 3. The van der Waals surface area contributed by atoms with E-state index in [0.29, 0.717) is 12.5 Å². The number of benzene rings is 1. The van der Waals surface area contributed by atoms with Crippen molar-refractivity contribution in [1.29, 1.82) is 0 Å². The van der Waals surface area contributed by atoms with E-state index < -0.39 is 0 Å². The number of nitrogens with zero attached hydrogens (tertiary/aromatic N) is 3. The summed E-state index contributed by atoms with van der Waals surface area (Å²) in [7, 11) is 0. The highest BCUT2D eigenvalue weighted by Gasteiger charge is 2.51. The van der Waals surface area contributed by atoms with Crippen molar-refractivity contribution >= 4 is 11.9 Å². The Kier molecular flexibility index (Phi) is 6.15. The van der Waals surface area contributed by atoms with Crippen LogP contribution in [-0.2, 0) is 4.79 Å². The average molecular weight is 440 g/mol. The van der Waals surface area contributed by atoms with Crippen molar-refractivity contribution in [3.05, 3.63) is 35.9 Å². The third-order valence-corrected chi connectivity index (χ3v) is 8.54. The summed E-state index contributed by atoms with van der Waals surface area (Å²) in [5, 5.41) is 9.83. The van der Waals surface area contributed by atoms with Gasteiger partial charge in [-0.1, -0.05) is 30.3 Å². The number of hydrogen-bond donors (Lipinski definition) is 1. The molecule has 1 spiro atoms. The predicted octanol–water partition coefficient (Wildman–Crippen LogP) is 3.60. The second-order valence-corrected chi connectivity index (χ2v) is 10.5. The molecular weight excluding hydrogens is 402 g/mol. The summed E-state index contributed by atoms with van der Waals surface area (Å²) in [5.74, 6) is 0.797. The molecular formula is C26H37N3O3. The Hall–Kier alpha value is -2.08. The van der Waals surface area contributed by atoms with Crippen LogP contribution in [0.5, 0.6) is 0 Å². The summed E-state index contributed by atoms with van der Waals surface area (Å²) in [4.78, 5) is 33.0. The van der Waals surface area contributed by atoms with Crippen molar-refractivity contribution in [2.75, 3.05) is 32.7 Å². The van der Waals surface area contributed by atoms with Gasteiger partial charge in [0.15, 0.2) is 0 Å². The maximum atomic E-state index is 13.5. The predicted molar refractivity (Wildman–Crippen MR) is 123 cm³/mol. The molecule has 1 saturated carbocycles. The molecule has 0 aromatic heterocycles. The number of amides is 3. The van der Waals surface area contributed by atoms with Crippen molar-refractivity contribution < 1.29 is 14.7 Å². The Bertz CT molecular complexity index is 815. The van der Waals surface area contributed by atoms with Gasteiger partial charge in [0.2, 0.25) is 5.91 Å². The van der Waals surface area contributed by atoms with E-state index in [1.54, 1.807) is 0 Å². The quantitative estimate of drug-likeness (QED) is 0.766. The lowest BCUT2D eigenvalue weighted by Gasteiger charge is -2.43. The van der Waals surface area contributed by atoms with Gasteiger partial charge in [-0.15, -0.1) is 0 Å². The molecule has 5 rings (SSSR count). The molecule has 3 amide bonds. The van der Waals surface area contributed by atoms with Crippen LogP contribution in [0.2, 0.25) is 0 Å². The van der Waals surface area contributed by atoms with Crippen molar-refractivity contribution in [3.8, 4) is 0 Å². The topological polar surface area (TPSA) is 64.1 Å². The SMILES string of the molecule is O=C(N1CCC(c2ccccc2)CC1)N1CCCC2(CCN(C3CCC(O)CC3)C2=O)C1. The first kappa shape index (κ1) is 21.7. The largest absolute Gasteiger partial charge is 0.393 e. The van der Waals surface area contributed by atoms with E-state index in [0.717, 1.165) is 84.0 Å².